The largest absolute Gasteiger partial charge is 0.414 e. The van der Waals surface area contributed by atoms with Crippen molar-refractivity contribution in [1.29, 1.82) is 0 Å². The molecule has 0 bridgehead atoms. The Morgan fingerprint density at radius 1 is 1.36 bits per heavy atom. The number of hydrogen-bond acceptors (Lipinski definition) is 1. The molecule has 0 rings (SSSR count). The highest BCUT2D eigenvalue weighted by Gasteiger charge is 2.36. The number of unbranched alkanes of at least 4 members (excludes halogenated alkanes) is 1. The van der Waals surface area contributed by atoms with Crippen LogP contribution in [0.15, 0.2) is 0 Å². The summed E-state index contributed by atoms with van der Waals surface area (Å²) in [4.78, 5) is 0. The topological polar surface area (TPSA) is 9.23 Å². The van der Waals surface area contributed by atoms with E-state index in [4.69, 9.17) is 0 Å². The van der Waals surface area contributed by atoms with Gasteiger partial charge in [0.05, 0.1) is 0 Å². The minimum absolute atomic E-state index is 0.192. The van der Waals surface area contributed by atoms with E-state index in [-0.39, 0.29) is 6.61 Å². The van der Waals surface area contributed by atoms with Gasteiger partial charge in [-0.3, -0.25) is 0 Å². The van der Waals surface area contributed by atoms with Gasteiger partial charge >= 0.3 is 6.18 Å². The number of ether oxygens (including phenoxy) is 1. The lowest BCUT2D eigenvalue weighted by Crippen LogP contribution is -2.28. The van der Waals surface area contributed by atoms with Gasteiger partial charge in [-0.1, -0.05) is 13.3 Å². The zero-order valence-corrected chi connectivity index (χ0v) is 6.74. The standard InChI is InChI=1S/C7H13F3O/c1-3-4-5-11-6(2)7(8,9)10/h6H,3-5H2,1-2H3. The van der Waals surface area contributed by atoms with Crippen LogP contribution in [-0.2, 0) is 4.74 Å². The summed E-state index contributed by atoms with van der Waals surface area (Å²) in [6.07, 6.45) is -4.31. The van der Waals surface area contributed by atoms with E-state index in [1.54, 1.807) is 0 Å². The van der Waals surface area contributed by atoms with Gasteiger partial charge in [0.15, 0.2) is 6.10 Å². The third-order valence-electron chi connectivity index (χ3n) is 1.33. The third-order valence-corrected chi connectivity index (χ3v) is 1.33. The van der Waals surface area contributed by atoms with Gasteiger partial charge in [0.2, 0.25) is 0 Å². The summed E-state index contributed by atoms with van der Waals surface area (Å²) >= 11 is 0. The maximum Gasteiger partial charge on any atom is 0.414 e. The van der Waals surface area contributed by atoms with E-state index in [2.05, 4.69) is 4.74 Å². The van der Waals surface area contributed by atoms with Crippen molar-refractivity contribution >= 4 is 0 Å². The molecule has 0 aromatic rings. The van der Waals surface area contributed by atoms with Crippen LogP contribution in [0, 0.1) is 0 Å². The van der Waals surface area contributed by atoms with Crippen LogP contribution in [-0.4, -0.2) is 18.9 Å². The molecule has 0 N–H and O–H groups in total. The van der Waals surface area contributed by atoms with Crippen molar-refractivity contribution < 1.29 is 17.9 Å². The molecule has 0 aromatic carbocycles. The molecule has 0 aliphatic carbocycles. The van der Waals surface area contributed by atoms with Crippen LogP contribution in [0.4, 0.5) is 13.2 Å². The molecule has 0 fully saturated rings. The Morgan fingerprint density at radius 3 is 2.27 bits per heavy atom. The summed E-state index contributed by atoms with van der Waals surface area (Å²) in [5, 5.41) is 0. The van der Waals surface area contributed by atoms with E-state index in [1.165, 1.54) is 0 Å². The molecule has 0 aromatic heterocycles. The second kappa shape index (κ2) is 4.59. The van der Waals surface area contributed by atoms with Gasteiger partial charge in [-0.25, -0.2) is 0 Å². The SMILES string of the molecule is CCCCOC(C)C(F)(F)F. The number of rotatable bonds is 4. The molecule has 4 heteroatoms. The van der Waals surface area contributed by atoms with Crippen molar-refractivity contribution in [3.05, 3.63) is 0 Å². The average molecular weight is 170 g/mol. The Balaban J connectivity index is 3.44. The Labute approximate surface area is 64.5 Å². The van der Waals surface area contributed by atoms with Crippen LogP contribution >= 0.6 is 0 Å². The van der Waals surface area contributed by atoms with E-state index < -0.39 is 12.3 Å². The Bertz CT molecular complexity index is 100. The maximum atomic E-state index is 11.8. The maximum absolute atomic E-state index is 11.8. The Morgan fingerprint density at radius 2 is 1.91 bits per heavy atom. The summed E-state index contributed by atoms with van der Waals surface area (Å²) in [6, 6.07) is 0. The summed E-state index contributed by atoms with van der Waals surface area (Å²) in [5.41, 5.74) is 0. The van der Waals surface area contributed by atoms with Crippen molar-refractivity contribution in [2.45, 2.75) is 39.0 Å². The van der Waals surface area contributed by atoms with Crippen molar-refractivity contribution in [3.63, 3.8) is 0 Å². The molecule has 0 saturated carbocycles. The van der Waals surface area contributed by atoms with Crippen molar-refractivity contribution in [1.82, 2.24) is 0 Å². The van der Waals surface area contributed by atoms with Gasteiger partial charge in [-0.15, -0.1) is 0 Å². The van der Waals surface area contributed by atoms with Gasteiger partial charge in [-0.2, -0.15) is 13.2 Å². The van der Waals surface area contributed by atoms with Crippen LogP contribution in [0.25, 0.3) is 0 Å². The molecule has 1 atom stereocenters. The lowest BCUT2D eigenvalue weighted by Gasteiger charge is -2.15. The molecule has 0 aliphatic heterocycles. The summed E-state index contributed by atoms with van der Waals surface area (Å²) in [7, 11) is 0. The average Bonchev–Trinajstić information content (AvgIpc) is 1.86. The molecule has 0 saturated heterocycles. The quantitative estimate of drug-likeness (QED) is 0.589. The first-order valence-corrected chi connectivity index (χ1v) is 3.66. The predicted molar refractivity (Wildman–Crippen MR) is 36.4 cm³/mol. The second-order valence-corrected chi connectivity index (χ2v) is 2.41. The summed E-state index contributed by atoms with van der Waals surface area (Å²) < 4.78 is 39.8. The molecular formula is C7H13F3O. The fraction of sp³-hybridized carbons (Fsp3) is 1.00. The van der Waals surface area contributed by atoms with Gasteiger partial charge < -0.3 is 4.74 Å². The zero-order chi connectivity index (χ0) is 8.91. The minimum atomic E-state index is -4.21. The molecule has 1 unspecified atom stereocenters. The number of hydrogen-bond donors (Lipinski definition) is 0. The molecule has 0 heterocycles. The van der Waals surface area contributed by atoms with Crippen molar-refractivity contribution in [2.75, 3.05) is 6.61 Å². The van der Waals surface area contributed by atoms with Crippen LogP contribution in [0.5, 0.6) is 0 Å². The van der Waals surface area contributed by atoms with E-state index in [0.717, 1.165) is 13.3 Å². The highest BCUT2D eigenvalue weighted by atomic mass is 19.4. The van der Waals surface area contributed by atoms with Crippen LogP contribution < -0.4 is 0 Å². The molecule has 68 valence electrons. The molecular weight excluding hydrogens is 157 g/mol. The Hall–Kier alpha value is -0.250. The van der Waals surface area contributed by atoms with Crippen LogP contribution in [0.2, 0.25) is 0 Å². The highest BCUT2D eigenvalue weighted by molar-refractivity contribution is 4.59. The van der Waals surface area contributed by atoms with E-state index in [1.807, 2.05) is 6.92 Å². The predicted octanol–water partition coefficient (Wildman–Crippen LogP) is 2.75. The molecule has 0 aliphatic rings. The second-order valence-electron chi connectivity index (χ2n) is 2.41. The molecule has 0 spiro atoms. The smallest absolute Gasteiger partial charge is 0.369 e. The molecule has 11 heavy (non-hydrogen) atoms. The number of halogens is 3. The lowest BCUT2D eigenvalue weighted by molar-refractivity contribution is -0.214. The van der Waals surface area contributed by atoms with Gasteiger partial charge in [0.1, 0.15) is 0 Å². The van der Waals surface area contributed by atoms with Crippen LogP contribution in [0.3, 0.4) is 0 Å². The molecule has 0 amide bonds. The first-order valence-electron chi connectivity index (χ1n) is 3.66. The third kappa shape index (κ3) is 5.07. The zero-order valence-electron chi connectivity index (χ0n) is 6.74. The van der Waals surface area contributed by atoms with Crippen molar-refractivity contribution in [3.8, 4) is 0 Å². The fourth-order valence-electron chi connectivity index (χ4n) is 0.499. The first-order chi connectivity index (χ1) is 4.98. The van der Waals surface area contributed by atoms with E-state index in [9.17, 15) is 13.2 Å². The van der Waals surface area contributed by atoms with Crippen LogP contribution in [0.1, 0.15) is 26.7 Å². The van der Waals surface area contributed by atoms with E-state index in [0.29, 0.717) is 6.42 Å². The van der Waals surface area contributed by atoms with Gasteiger partial charge in [-0.05, 0) is 13.3 Å². The first kappa shape index (κ1) is 10.8. The highest BCUT2D eigenvalue weighted by Crippen LogP contribution is 2.22. The lowest BCUT2D eigenvalue weighted by atomic mass is 10.3. The Kier molecular flexibility index (Phi) is 4.49. The fourth-order valence-corrected chi connectivity index (χ4v) is 0.499. The van der Waals surface area contributed by atoms with Gasteiger partial charge in [0, 0.05) is 6.61 Å². The monoisotopic (exact) mass is 170 g/mol. The summed E-state index contributed by atoms with van der Waals surface area (Å²) in [6.45, 7) is 3.12. The minimum Gasteiger partial charge on any atom is -0.369 e. The van der Waals surface area contributed by atoms with Gasteiger partial charge in [0.25, 0.3) is 0 Å². The van der Waals surface area contributed by atoms with Crippen molar-refractivity contribution in [2.24, 2.45) is 0 Å². The number of alkyl halides is 3. The molecule has 1 nitrogen and oxygen atoms in total. The molecule has 0 radical (unpaired) electrons. The van der Waals surface area contributed by atoms with E-state index >= 15 is 0 Å². The summed E-state index contributed by atoms with van der Waals surface area (Å²) in [5.74, 6) is 0. The normalized spacial score (nSPS) is 15.0.